The van der Waals surface area contributed by atoms with Crippen molar-refractivity contribution in [2.75, 3.05) is 5.32 Å². The smallest absolute Gasteiger partial charge is 0.181 e. The van der Waals surface area contributed by atoms with Crippen LogP contribution in [-0.2, 0) is 13.1 Å². The fourth-order valence-electron chi connectivity index (χ4n) is 2.02. The van der Waals surface area contributed by atoms with Gasteiger partial charge in [0.1, 0.15) is 0 Å². The summed E-state index contributed by atoms with van der Waals surface area (Å²) in [7, 11) is 0. The summed E-state index contributed by atoms with van der Waals surface area (Å²) in [6, 6.07) is 8.07. The van der Waals surface area contributed by atoms with E-state index in [0.29, 0.717) is 0 Å². The fourth-order valence-corrected chi connectivity index (χ4v) is 2.02. The second-order valence-electron chi connectivity index (χ2n) is 4.50. The molecule has 0 spiro atoms. The lowest BCUT2D eigenvalue weighted by molar-refractivity contribution is 0.572. The summed E-state index contributed by atoms with van der Waals surface area (Å²) in [5.74, 6) is 0.771. The first-order valence-electron chi connectivity index (χ1n) is 6.59. The Morgan fingerprint density at radius 3 is 3.00 bits per heavy atom. The average Bonchev–Trinajstić information content (AvgIpc) is 3.17. The van der Waals surface area contributed by atoms with Gasteiger partial charge in [-0.25, -0.2) is 4.98 Å². The maximum atomic E-state index is 5.30. The molecular weight excluding hydrogens is 252 g/mol. The van der Waals surface area contributed by atoms with Gasteiger partial charge in [0.05, 0.1) is 12.4 Å². The minimum atomic E-state index is 0.750. The molecule has 102 valence electrons. The molecule has 1 N–H and O–H groups in total. The highest BCUT2D eigenvalue weighted by Crippen LogP contribution is 2.22. The molecular formula is C15H16N4O. The Bertz CT molecular complexity index is 673. The van der Waals surface area contributed by atoms with Gasteiger partial charge in [-0.05, 0) is 19.1 Å². The summed E-state index contributed by atoms with van der Waals surface area (Å²) in [6.07, 6.45) is 7.09. The molecule has 0 fully saturated rings. The third-order valence-corrected chi connectivity index (χ3v) is 3.09. The molecule has 5 heteroatoms. The predicted octanol–water partition coefficient (Wildman–Crippen LogP) is 3.17. The number of hydrogen-bond acceptors (Lipinski definition) is 4. The number of aromatic nitrogens is 3. The first-order chi connectivity index (χ1) is 9.85. The number of rotatable bonds is 5. The summed E-state index contributed by atoms with van der Waals surface area (Å²) >= 11 is 0. The fraction of sp³-hybridized carbons (Fsp3) is 0.200. The number of oxazole rings is 1. The molecule has 0 saturated carbocycles. The summed E-state index contributed by atoms with van der Waals surface area (Å²) in [5.41, 5.74) is 3.22. The Balaban J connectivity index is 1.70. The molecule has 2 aromatic heterocycles. The van der Waals surface area contributed by atoms with Crippen LogP contribution in [0, 0.1) is 0 Å². The normalized spacial score (nSPS) is 10.7. The molecule has 0 unspecified atom stereocenters. The van der Waals surface area contributed by atoms with Crippen LogP contribution in [0.2, 0.25) is 0 Å². The van der Waals surface area contributed by atoms with E-state index in [-0.39, 0.29) is 0 Å². The van der Waals surface area contributed by atoms with Crippen molar-refractivity contribution in [2.45, 2.75) is 20.0 Å². The van der Waals surface area contributed by atoms with Crippen LogP contribution in [0.3, 0.4) is 0 Å². The zero-order chi connectivity index (χ0) is 13.8. The monoisotopic (exact) mass is 268 g/mol. The van der Waals surface area contributed by atoms with Crippen LogP contribution in [0.4, 0.5) is 5.69 Å². The zero-order valence-electron chi connectivity index (χ0n) is 11.3. The first-order valence-corrected chi connectivity index (χ1v) is 6.59. The summed E-state index contributed by atoms with van der Waals surface area (Å²) in [5, 5.41) is 7.64. The number of anilines is 1. The van der Waals surface area contributed by atoms with Gasteiger partial charge < -0.3 is 9.73 Å². The minimum Gasteiger partial charge on any atom is -0.444 e. The van der Waals surface area contributed by atoms with Crippen LogP contribution in [0.5, 0.6) is 0 Å². The van der Waals surface area contributed by atoms with Gasteiger partial charge in [-0.1, -0.05) is 12.1 Å². The lowest BCUT2D eigenvalue weighted by Crippen LogP contribution is -1.98. The zero-order valence-corrected chi connectivity index (χ0v) is 11.3. The predicted molar refractivity (Wildman–Crippen MR) is 77.2 cm³/mol. The second kappa shape index (κ2) is 5.61. The lowest BCUT2D eigenvalue weighted by atomic mass is 10.1. The van der Waals surface area contributed by atoms with Gasteiger partial charge >= 0.3 is 0 Å². The summed E-state index contributed by atoms with van der Waals surface area (Å²) < 4.78 is 7.22. The number of nitrogens with zero attached hydrogens (tertiary/aromatic N) is 3. The molecule has 0 aliphatic rings. The van der Waals surface area contributed by atoms with Gasteiger partial charge in [0.25, 0.3) is 0 Å². The third kappa shape index (κ3) is 2.71. The van der Waals surface area contributed by atoms with E-state index >= 15 is 0 Å². The van der Waals surface area contributed by atoms with E-state index in [9.17, 15) is 0 Å². The second-order valence-corrected chi connectivity index (χ2v) is 4.50. The van der Waals surface area contributed by atoms with Crippen molar-refractivity contribution < 1.29 is 4.42 Å². The standard InChI is InChI=1S/C15H16N4O/c1-2-19-10-12(8-18-19)7-17-14-5-3-4-13(6-14)15-9-16-11-20-15/h3-6,8-11,17H,2,7H2,1H3. The highest BCUT2D eigenvalue weighted by atomic mass is 16.3. The first kappa shape index (κ1) is 12.5. The Labute approximate surface area is 117 Å². The van der Waals surface area contributed by atoms with E-state index in [1.165, 1.54) is 6.39 Å². The van der Waals surface area contributed by atoms with Gasteiger partial charge in [0.15, 0.2) is 12.2 Å². The molecule has 0 atom stereocenters. The van der Waals surface area contributed by atoms with Crippen molar-refractivity contribution in [1.29, 1.82) is 0 Å². The van der Waals surface area contributed by atoms with E-state index in [4.69, 9.17) is 4.42 Å². The summed E-state index contributed by atoms with van der Waals surface area (Å²) in [6.45, 7) is 3.71. The Hall–Kier alpha value is -2.56. The number of aryl methyl sites for hydroxylation is 1. The van der Waals surface area contributed by atoms with Gasteiger partial charge in [0, 0.05) is 36.1 Å². The van der Waals surface area contributed by atoms with Gasteiger partial charge in [-0.3, -0.25) is 4.68 Å². The van der Waals surface area contributed by atoms with Crippen molar-refractivity contribution in [3.05, 3.63) is 54.8 Å². The quantitative estimate of drug-likeness (QED) is 0.772. The largest absolute Gasteiger partial charge is 0.444 e. The van der Waals surface area contributed by atoms with Crippen molar-refractivity contribution in [1.82, 2.24) is 14.8 Å². The van der Waals surface area contributed by atoms with E-state index in [1.54, 1.807) is 6.20 Å². The van der Waals surface area contributed by atoms with Crippen LogP contribution in [0.15, 0.2) is 53.7 Å². The Morgan fingerprint density at radius 2 is 2.25 bits per heavy atom. The van der Waals surface area contributed by atoms with Crippen LogP contribution in [0.25, 0.3) is 11.3 Å². The average molecular weight is 268 g/mol. The maximum Gasteiger partial charge on any atom is 0.181 e. The molecule has 0 amide bonds. The van der Waals surface area contributed by atoms with E-state index in [2.05, 4.69) is 22.3 Å². The Morgan fingerprint density at radius 1 is 1.30 bits per heavy atom. The van der Waals surface area contributed by atoms with Crippen molar-refractivity contribution in [3.8, 4) is 11.3 Å². The van der Waals surface area contributed by atoms with Crippen molar-refractivity contribution in [2.24, 2.45) is 0 Å². The highest BCUT2D eigenvalue weighted by Gasteiger charge is 2.03. The molecule has 3 rings (SSSR count). The molecule has 2 heterocycles. The van der Waals surface area contributed by atoms with Gasteiger partial charge in [-0.2, -0.15) is 5.10 Å². The minimum absolute atomic E-state index is 0.750. The molecule has 0 radical (unpaired) electrons. The van der Waals surface area contributed by atoms with E-state index in [1.807, 2.05) is 41.3 Å². The summed E-state index contributed by atoms with van der Waals surface area (Å²) in [4.78, 5) is 3.94. The van der Waals surface area contributed by atoms with Crippen molar-refractivity contribution in [3.63, 3.8) is 0 Å². The van der Waals surface area contributed by atoms with Crippen LogP contribution < -0.4 is 5.32 Å². The lowest BCUT2D eigenvalue weighted by Gasteiger charge is -2.06. The SMILES string of the molecule is CCn1cc(CNc2cccc(-c3cnco3)c2)cn1. The number of nitrogens with one attached hydrogen (secondary N) is 1. The van der Waals surface area contributed by atoms with Crippen LogP contribution in [0.1, 0.15) is 12.5 Å². The van der Waals surface area contributed by atoms with Crippen molar-refractivity contribution >= 4 is 5.69 Å². The molecule has 0 aliphatic carbocycles. The van der Waals surface area contributed by atoms with Gasteiger partial charge in [-0.15, -0.1) is 0 Å². The molecule has 0 saturated heterocycles. The molecule has 3 aromatic rings. The van der Waals surface area contributed by atoms with Gasteiger partial charge in [0.2, 0.25) is 0 Å². The molecule has 5 nitrogen and oxygen atoms in total. The maximum absolute atomic E-state index is 5.30. The number of hydrogen-bond donors (Lipinski definition) is 1. The van der Waals surface area contributed by atoms with Crippen LogP contribution >= 0.6 is 0 Å². The molecule has 0 bridgehead atoms. The number of benzene rings is 1. The molecule has 20 heavy (non-hydrogen) atoms. The molecule has 1 aromatic carbocycles. The Kier molecular flexibility index (Phi) is 3.50. The van der Waals surface area contributed by atoms with E-state index in [0.717, 1.165) is 35.7 Å². The van der Waals surface area contributed by atoms with E-state index < -0.39 is 0 Å². The highest BCUT2D eigenvalue weighted by molar-refractivity contribution is 5.63. The topological polar surface area (TPSA) is 55.9 Å². The van der Waals surface area contributed by atoms with Crippen LogP contribution in [-0.4, -0.2) is 14.8 Å². The third-order valence-electron chi connectivity index (χ3n) is 3.09. The molecule has 0 aliphatic heterocycles.